The molecular weight excluding hydrogens is 450 g/mol. The molecule has 0 spiro atoms. The highest BCUT2D eigenvalue weighted by Crippen LogP contribution is 2.22. The van der Waals surface area contributed by atoms with Crippen molar-refractivity contribution in [1.29, 1.82) is 0 Å². The van der Waals surface area contributed by atoms with Crippen LogP contribution in [0.2, 0.25) is 0 Å². The van der Waals surface area contributed by atoms with E-state index >= 15 is 0 Å². The number of sulfone groups is 1. The van der Waals surface area contributed by atoms with Gasteiger partial charge in [0.2, 0.25) is 0 Å². The highest BCUT2D eigenvalue weighted by Gasteiger charge is 2.19. The Morgan fingerprint density at radius 2 is 1.88 bits per heavy atom. The standard InChI is InChI=1S/C22H17N3O5S2/c1-32(29,30)19-12-17(11-18(13-19)25(27)28)21(26)23-22-24(9-10-31-22)14-16-7-4-6-15-5-2-3-8-20(15)16/h2-13H,14H2,1H3. The molecule has 0 aliphatic heterocycles. The summed E-state index contributed by atoms with van der Waals surface area (Å²) in [6.07, 6.45) is 2.72. The van der Waals surface area contributed by atoms with E-state index in [1.165, 1.54) is 11.3 Å². The van der Waals surface area contributed by atoms with E-state index < -0.39 is 26.4 Å². The zero-order valence-corrected chi connectivity index (χ0v) is 18.5. The lowest BCUT2D eigenvalue weighted by atomic mass is 10.0. The van der Waals surface area contributed by atoms with Crippen LogP contribution in [0.4, 0.5) is 5.69 Å². The van der Waals surface area contributed by atoms with Gasteiger partial charge in [-0.1, -0.05) is 42.5 Å². The Bertz CT molecular complexity index is 1530. The van der Waals surface area contributed by atoms with E-state index in [4.69, 9.17) is 0 Å². The van der Waals surface area contributed by atoms with Crippen LogP contribution in [0.5, 0.6) is 0 Å². The molecule has 0 radical (unpaired) electrons. The number of aromatic nitrogens is 1. The Labute approximate surface area is 187 Å². The number of hydrogen-bond acceptors (Lipinski definition) is 6. The molecule has 0 bridgehead atoms. The summed E-state index contributed by atoms with van der Waals surface area (Å²) in [6.45, 7) is 0.473. The molecule has 0 saturated heterocycles. The summed E-state index contributed by atoms with van der Waals surface area (Å²) in [5.74, 6) is -0.757. The molecule has 3 aromatic carbocycles. The summed E-state index contributed by atoms with van der Waals surface area (Å²) in [4.78, 5) is 27.5. The van der Waals surface area contributed by atoms with Crippen molar-refractivity contribution in [3.8, 4) is 0 Å². The minimum Gasteiger partial charge on any atom is -0.319 e. The van der Waals surface area contributed by atoms with Crippen LogP contribution >= 0.6 is 11.3 Å². The lowest BCUT2D eigenvalue weighted by Crippen LogP contribution is -2.17. The predicted octanol–water partition coefficient (Wildman–Crippen LogP) is 3.80. The monoisotopic (exact) mass is 467 g/mol. The summed E-state index contributed by atoms with van der Waals surface area (Å²) >= 11 is 1.24. The van der Waals surface area contributed by atoms with Crippen LogP contribution in [0, 0.1) is 10.1 Å². The van der Waals surface area contributed by atoms with Crippen LogP contribution in [0.25, 0.3) is 10.8 Å². The summed E-state index contributed by atoms with van der Waals surface area (Å²) < 4.78 is 25.6. The Balaban J connectivity index is 1.74. The highest BCUT2D eigenvalue weighted by atomic mass is 32.2. The van der Waals surface area contributed by atoms with Crippen LogP contribution in [-0.4, -0.2) is 30.1 Å². The minimum atomic E-state index is -3.75. The molecule has 0 aliphatic carbocycles. The largest absolute Gasteiger partial charge is 0.319 e. The van der Waals surface area contributed by atoms with E-state index in [9.17, 15) is 23.3 Å². The quantitative estimate of drug-likeness (QED) is 0.327. The van der Waals surface area contributed by atoms with Crippen molar-refractivity contribution < 1.29 is 18.1 Å². The molecule has 0 atom stereocenters. The zero-order valence-electron chi connectivity index (χ0n) is 16.8. The van der Waals surface area contributed by atoms with Gasteiger partial charge in [-0.15, -0.1) is 11.3 Å². The number of fused-ring (bicyclic) bond motifs is 1. The lowest BCUT2D eigenvalue weighted by Gasteiger charge is -2.07. The van der Waals surface area contributed by atoms with Crippen LogP contribution in [0.15, 0.2) is 82.1 Å². The molecule has 4 rings (SSSR count). The van der Waals surface area contributed by atoms with Crippen LogP contribution in [0.1, 0.15) is 15.9 Å². The number of carbonyl (C=O) groups excluding carboxylic acids is 1. The van der Waals surface area contributed by atoms with Crippen molar-refractivity contribution in [3.63, 3.8) is 0 Å². The summed E-state index contributed by atoms with van der Waals surface area (Å²) in [7, 11) is -3.75. The number of hydrogen-bond donors (Lipinski definition) is 0. The zero-order chi connectivity index (χ0) is 22.9. The second-order valence-electron chi connectivity index (χ2n) is 7.11. The third-order valence-corrected chi connectivity index (χ3v) is 6.74. The first-order chi connectivity index (χ1) is 15.2. The number of carbonyl (C=O) groups is 1. The molecule has 0 saturated carbocycles. The van der Waals surface area contributed by atoms with Gasteiger partial charge in [-0.25, -0.2) is 8.42 Å². The molecule has 0 unspecified atom stereocenters. The van der Waals surface area contributed by atoms with Gasteiger partial charge in [-0.2, -0.15) is 4.99 Å². The van der Waals surface area contributed by atoms with Crippen molar-refractivity contribution >= 4 is 43.5 Å². The average Bonchev–Trinajstić information content (AvgIpc) is 3.19. The third kappa shape index (κ3) is 4.51. The topological polar surface area (TPSA) is 112 Å². The second kappa shape index (κ2) is 8.48. The minimum absolute atomic E-state index is 0.162. The normalized spacial score (nSPS) is 12.2. The molecular formula is C22H17N3O5S2. The molecule has 1 amide bonds. The van der Waals surface area contributed by atoms with E-state index in [0.29, 0.717) is 11.3 Å². The van der Waals surface area contributed by atoms with Crippen molar-refractivity contribution in [2.75, 3.05) is 6.26 Å². The highest BCUT2D eigenvalue weighted by molar-refractivity contribution is 7.90. The Kier molecular flexibility index (Phi) is 5.72. The SMILES string of the molecule is CS(=O)(=O)c1cc(C(=O)N=c2sccn2Cc2cccc3ccccc23)cc([N+](=O)[O-])c1. The second-order valence-corrected chi connectivity index (χ2v) is 10.0. The Morgan fingerprint density at radius 1 is 1.12 bits per heavy atom. The molecule has 0 fully saturated rings. The fourth-order valence-electron chi connectivity index (χ4n) is 3.30. The van der Waals surface area contributed by atoms with E-state index in [1.807, 2.05) is 42.5 Å². The fourth-order valence-corrected chi connectivity index (χ4v) is 4.70. The van der Waals surface area contributed by atoms with E-state index in [1.54, 1.807) is 16.1 Å². The van der Waals surface area contributed by atoms with Crippen molar-refractivity contribution in [2.24, 2.45) is 4.99 Å². The number of rotatable bonds is 5. The first-order valence-electron chi connectivity index (χ1n) is 9.41. The maximum absolute atomic E-state index is 12.8. The van der Waals surface area contributed by atoms with Gasteiger partial charge < -0.3 is 4.57 Å². The van der Waals surface area contributed by atoms with Gasteiger partial charge in [0.25, 0.3) is 11.6 Å². The molecule has 0 N–H and O–H groups in total. The maximum Gasteiger partial charge on any atom is 0.279 e. The molecule has 4 aromatic rings. The van der Waals surface area contributed by atoms with Gasteiger partial charge in [0, 0.05) is 35.5 Å². The third-order valence-electron chi connectivity index (χ3n) is 4.85. The maximum atomic E-state index is 12.8. The summed E-state index contributed by atoms with van der Waals surface area (Å²) in [6, 6.07) is 17.0. The van der Waals surface area contributed by atoms with Gasteiger partial charge in [-0.3, -0.25) is 14.9 Å². The number of nitrogens with zero attached hydrogens (tertiary/aromatic N) is 3. The van der Waals surface area contributed by atoms with Crippen LogP contribution in [-0.2, 0) is 16.4 Å². The number of nitro groups is 1. The molecule has 8 nitrogen and oxygen atoms in total. The molecule has 162 valence electrons. The van der Waals surface area contributed by atoms with Gasteiger partial charge >= 0.3 is 0 Å². The molecule has 10 heteroatoms. The first-order valence-corrected chi connectivity index (χ1v) is 12.2. The van der Waals surface area contributed by atoms with E-state index in [-0.39, 0.29) is 10.5 Å². The van der Waals surface area contributed by atoms with E-state index in [2.05, 4.69) is 4.99 Å². The van der Waals surface area contributed by atoms with Crippen LogP contribution in [0.3, 0.4) is 0 Å². The van der Waals surface area contributed by atoms with Gasteiger partial charge in [0.1, 0.15) is 0 Å². The number of amides is 1. The van der Waals surface area contributed by atoms with Gasteiger partial charge in [0.15, 0.2) is 14.6 Å². The van der Waals surface area contributed by atoms with Gasteiger partial charge in [-0.05, 0) is 22.4 Å². The first kappa shape index (κ1) is 21.6. The van der Waals surface area contributed by atoms with E-state index in [0.717, 1.165) is 40.8 Å². The average molecular weight is 468 g/mol. The lowest BCUT2D eigenvalue weighted by molar-refractivity contribution is -0.385. The van der Waals surface area contributed by atoms with Crippen LogP contribution < -0.4 is 4.80 Å². The molecule has 1 aromatic heterocycles. The van der Waals surface area contributed by atoms with Crippen molar-refractivity contribution in [1.82, 2.24) is 4.57 Å². The smallest absolute Gasteiger partial charge is 0.279 e. The Hall–Kier alpha value is -3.63. The van der Waals surface area contributed by atoms with Gasteiger partial charge in [0.05, 0.1) is 16.4 Å². The number of benzene rings is 3. The molecule has 0 aliphatic rings. The fraction of sp³-hybridized carbons (Fsp3) is 0.0909. The van der Waals surface area contributed by atoms with Crippen molar-refractivity contribution in [3.05, 3.63) is 98.3 Å². The molecule has 1 heterocycles. The number of thiazole rings is 1. The summed E-state index contributed by atoms with van der Waals surface area (Å²) in [5, 5.41) is 15.2. The van der Waals surface area contributed by atoms with Crippen molar-refractivity contribution in [2.45, 2.75) is 11.4 Å². The number of nitro benzene ring substituents is 1. The predicted molar refractivity (Wildman–Crippen MR) is 121 cm³/mol. The number of non-ortho nitro benzene ring substituents is 1. The molecule has 32 heavy (non-hydrogen) atoms. The summed E-state index contributed by atoms with van der Waals surface area (Å²) in [5.41, 5.74) is 0.399. The Morgan fingerprint density at radius 3 is 2.62 bits per heavy atom.